The predicted molar refractivity (Wildman–Crippen MR) is 72.1 cm³/mol. The van der Waals surface area contributed by atoms with Gasteiger partial charge in [-0.1, -0.05) is 0 Å². The van der Waals surface area contributed by atoms with Gasteiger partial charge < -0.3 is 10.1 Å². The summed E-state index contributed by atoms with van der Waals surface area (Å²) in [6.45, 7) is 0. The van der Waals surface area contributed by atoms with Crippen LogP contribution in [-0.4, -0.2) is 6.41 Å². The van der Waals surface area contributed by atoms with Crippen molar-refractivity contribution in [3.63, 3.8) is 0 Å². The number of amides is 1. The minimum absolute atomic E-state index is 0.268. The van der Waals surface area contributed by atoms with Gasteiger partial charge in [0, 0.05) is 5.69 Å². The van der Waals surface area contributed by atoms with Gasteiger partial charge >= 0.3 is 0 Å². The number of rotatable bonds is 4. The number of hydrogen-bond donors (Lipinski definition) is 1. The molecule has 0 heterocycles. The Labute approximate surface area is 115 Å². The minimum Gasteiger partial charge on any atom is -0.457 e. The maximum atomic E-state index is 10.3. The maximum absolute atomic E-state index is 10.3. The molecule has 0 atom stereocenters. The highest BCUT2D eigenvalue weighted by Gasteiger charge is 2.04. The quantitative estimate of drug-likeness (QED) is 0.859. The third-order valence-corrected chi connectivity index (χ3v) is 2.55. The van der Waals surface area contributed by atoms with Crippen molar-refractivity contribution in [1.82, 2.24) is 0 Å². The second kappa shape index (κ2) is 6.03. The Kier molecular flexibility index (Phi) is 3.96. The van der Waals surface area contributed by atoms with Gasteiger partial charge in [-0.05, 0) is 42.5 Å². The molecule has 0 saturated heterocycles. The Morgan fingerprint density at radius 2 is 1.60 bits per heavy atom. The molecule has 1 N–H and O–H groups in total. The van der Waals surface area contributed by atoms with E-state index in [0.717, 1.165) is 0 Å². The van der Waals surface area contributed by atoms with Crippen molar-refractivity contribution in [2.24, 2.45) is 0 Å². The molecule has 0 bridgehead atoms. The average molecular weight is 263 g/mol. The molecule has 0 unspecified atom stereocenters. The van der Waals surface area contributed by atoms with Gasteiger partial charge in [-0.3, -0.25) is 4.79 Å². The first-order chi connectivity index (χ1) is 9.76. The van der Waals surface area contributed by atoms with E-state index in [0.29, 0.717) is 29.2 Å². The molecule has 2 aromatic carbocycles. The molecule has 1 amide bonds. The second-order valence-electron chi connectivity index (χ2n) is 3.82. The van der Waals surface area contributed by atoms with E-state index in [1.54, 1.807) is 30.3 Å². The van der Waals surface area contributed by atoms with Crippen LogP contribution in [0.4, 0.5) is 5.69 Å². The van der Waals surface area contributed by atoms with E-state index in [4.69, 9.17) is 15.3 Å². The Hall–Kier alpha value is -3.31. The van der Waals surface area contributed by atoms with E-state index in [-0.39, 0.29) is 5.56 Å². The molecule has 5 heteroatoms. The molecule has 2 rings (SSSR count). The summed E-state index contributed by atoms with van der Waals surface area (Å²) in [5.41, 5.74) is 1.24. The summed E-state index contributed by atoms with van der Waals surface area (Å²) in [7, 11) is 0. The molecule has 20 heavy (non-hydrogen) atoms. The lowest BCUT2D eigenvalue weighted by atomic mass is 10.1. The Morgan fingerprint density at radius 3 is 2.20 bits per heavy atom. The molecular formula is C15H9N3O2. The maximum Gasteiger partial charge on any atom is 0.211 e. The van der Waals surface area contributed by atoms with Crippen molar-refractivity contribution < 1.29 is 9.53 Å². The molecular weight excluding hydrogens is 254 g/mol. The van der Waals surface area contributed by atoms with Gasteiger partial charge in [0.1, 0.15) is 23.6 Å². The van der Waals surface area contributed by atoms with Gasteiger partial charge in [-0.15, -0.1) is 0 Å². The molecule has 0 aromatic heterocycles. The number of hydrogen-bond acceptors (Lipinski definition) is 4. The zero-order chi connectivity index (χ0) is 14.4. The summed E-state index contributed by atoms with van der Waals surface area (Å²) in [6, 6.07) is 15.3. The van der Waals surface area contributed by atoms with Crippen LogP contribution in [0.1, 0.15) is 11.1 Å². The number of ether oxygens (including phenoxy) is 1. The number of carbonyl (C=O) groups is 1. The van der Waals surface area contributed by atoms with Crippen molar-refractivity contribution >= 4 is 12.1 Å². The van der Waals surface area contributed by atoms with E-state index in [2.05, 4.69) is 5.32 Å². The fraction of sp³-hybridized carbons (Fsp3) is 0. The van der Waals surface area contributed by atoms with E-state index >= 15 is 0 Å². The smallest absolute Gasteiger partial charge is 0.211 e. The summed E-state index contributed by atoms with van der Waals surface area (Å²) >= 11 is 0. The summed E-state index contributed by atoms with van der Waals surface area (Å²) in [6.07, 6.45) is 0.593. The zero-order valence-corrected chi connectivity index (χ0v) is 10.3. The third-order valence-electron chi connectivity index (χ3n) is 2.55. The minimum atomic E-state index is 0.268. The van der Waals surface area contributed by atoms with E-state index < -0.39 is 0 Å². The first-order valence-corrected chi connectivity index (χ1v) is 5.69. The van der Waals surface area contributed by atoms with Crippen molar-refractivity contribution in [3.05, 3.63) is 53.6 Å². The highest BCUT2D eigenvalue weighted by Crippen LogP contribution is 2.24. The first-order valence-electron chi connectivity index (χ1n) is 5.69. The molecule has 96 valence electrons. The van der Waals surface area contributed by atoms with Crippen LogP contribution in [-0.2, 0) is 4.79 Å². The van der Waals surface area contributed by atoms with Crippen molar-refractivity contribution in [1.29, 1.82) is 10.5 Å². The van der Waals surface area contributed by atoms with Gasteiger partial charge in [0.15, 0.2) is 0 Å². The molecule has 0 saturated carbocycles. The molecule has 0 radical (unpaired) electrons. The van der Waals surface area contributed by atoms with E-state index in [9.17, 15) is 4.79 Å². The molecule has 0 aliphatic heterocycles. The highest BCUT2D eigenvalue weighted by molar-refractivity contribution is 5.71. The summed E-state index contributed by atoms with van der Waals surface area (Å²) in [4.78, 5) is 10.3. The first kappa shape index (κ1) is 13.1. The average Bonchev–Trinajstić information content (AvgIpc) is 2.49. The lowest BCUT2D eigenvalue weighted by Crippen LogP contribution is -1.93. The number of benzene rings is 2. The summed E-state index contributed by atoms with van der Waals surface area (Å²) in [5, 5.41) is 20.3. The SMILES string of the molecule is N#Cc1ccc(Oc2ccc(NC=O)cc2)cc1C#N. The number of anilines is 1. The van der Waals surface area contributed by atoms with Crippen LogP contribution in [0.2, 0.25) is 0 Å². The molecule has 0 aliphatic rings. The summed E-state index contributed by atoms with van der Waals surface area (Å²) < 4.78 is 5.58. The lowest BCUT2D eigenvalue weighted by Gasteiger charge is -2.07. The van der Waals surface area contributed by atoms with Crippen LogP contribution >= 0.6 is 0 Å². The normalized spacial score (nSPS) is 9.10. The standard InChI is InChI=1S/C15H9N3O2/c16-8-11-1-4-15(7-12(11)9-17)20-14-5-2-13(3-6-14)18-10-19/h1-7,10H,(H,18,19). The van der Waals surface area contributed by atoms with E-state index in [1.807, 2.05) is 12.1 Å². The molecule has 5 nitrogen and oxygen atoms in total. The number of nitriles is 2. The third kappa shape index (κ3) is 2.92. The molecule has 0 fully saturated rings. The Balaban J connectivity index is 2.20. The fourth-order valence-electron chi connectivity index (χ4n) is 1.60. The van der Waals surface area contributed by atoms with Gasteiger partial charge in [0.25, 0.3) is 0 Å². The van der Waals surface area contributed by atoms with Gasteiger partial charge in [-0.2, -0.15) is 10.5 Å². The van der Waals surface area contributed by atoms with Crippen LogP contribution in [0.25, 0.3) is 0 Å². The van der Waals surface area contributed by atoms with E-state index in [1.165, 1.54) is 12.1 Å². The van der Waals surface area contributed by atoms with Crippen molar-refractivity contribution in [3.8, 4) is 23.6 Å². The van der Waals surface area contributed by atoms with Crippen LogP contribution in [0.5, 0.6) is 11.5 Å². The predicted octanol–water partition coefficient (Wildman–Crippen LogP) is 2.79. The van der Waals surface area contributed by atoms with Crippen LogP contribution in [0.15, 0.2) is 42.5 Å². The lowest BCUT2D eigenvalue weighted by molar-refractivity contribution is -0.105. The van der Waals surface area contributed by atoms with Crippen LogP contribution in [0, 0.1) is 22.7 Å². The molecule has 0 aliphatic carbocycles. The van der Waals surface area contributed by atoms with Crippen molar-refractivity contribution in [2.45, 2.75) is 0 Å². The second-order valence-corrected chi connectivity index (χ2v) is 3.82. The van der Waals surface area contributed by atoms with Gasteiger partial charge in [0.2, 0.25) is 6.41 Å². The molecule has 0 spiro atoms. The monoisotopic (exact) mass is 263 g/mol. The molecule has 2 aromatic rings. The van der Waals surface area contributed by atoms with Gasteiger partial charge in [-0.25, -0.2) is 0 Å². The number of carbonyl (C=O) groups excluding carboxylic acids is 1. The zero-order valence-electron chi connectivity index (χ0n) is 10.3. The number of nitrogens with one attached hydrogen (secondary N) is 1. The highest BCUT2D eigenvalue weighted by atomic mass is 16.5. The topological polar surface area (TPSA) is 85.9 Å². The summed E-state index contributed by atoms with van der Waals surface area (Å²) in [5.74, 6) is 1.03. The van der Waals surface area contributed by atoms with Crippen molar-refractivity contribution in [2.75, 3.05) is 5.32 Å². The van der Waals surface area contributed by atoms with Gasteiger partial charge in [0.05, 0.1) is 11.1 Å². The largest absolute Gasteiger partial charge is 0.457 e. The number of nitrogens with zero attached hydrogens (tertiary/aromatic N) is 2. The van der Waals surface area contributed by atoms with Crippen LogP contribution in [0.3, 0.4) is 0 Å². The fourth-order valence-corrected chi connectivity index (χ4v) is 1.60. The Morgan fingerprint density at radius 1 is 0.950 bits per heavy atom. The van der Waals surface area contributed by atoms with Crippen LogP contribution < -0.4 is 10.1 Å². The Bertz CT molecular complexity index is 709.